The largest absolute Gasteiger partial charge is 0.496 e. The maximum absolute atomic E-state index is 12.6. The molecule has 2 heterocycles. The Bertz CT molecular complexity index is 1000. The van der Waals surface area contributed by atoms with Crippen LogP contribution < -0.4 is 10.1 Å². The van der Waals surface area contributed by atoms with E-state index in [0.29, 0.717) is 18.6 Å². The minimum Gasteiger partial charge on any atom is -0.496 e. The number of carbonyl (C=O) groups is 2. The molecule has 0 aliphatic carbocycles. The normalized spacial score (nSPS) is 15.3. The predicted octanol–water partition coefficient (Wildman–Crippen LogP) is 1.35. The summed E-state index contributed by atoms with van der Waals surface area (Å²) in [6.07, 6.45) is 3.48. The number of ether oxygens (including phenoxy) is 2. The van der Waals surface area contributed by atoms with Crippen molar-refractivity contribution in [2.45, 2.75) is 24.3 Å². The number of pyridine rings is 1. The van der Waals surface area contributed by atoms with E-state index in [9.17, 15) is 18.0 Å². The van der Waals surface area contributed by atoms with E-state index in [0.717, 1.165) is 5.56 Å². The van der Waals surface area contributed by atoms with Crippen molar-refractivity contribution in [2.75, 3.05) is 26.8 Å². The van der Waals surface area contributed by atoms with Gasteiger partial charge in [-0.15, -0.1) is 0 Å². The first-order chi connectivity index (χ1) is 14.9. The Hall–Kier alpha value is -2.98. The molecule has 0 bridgehead atoms. The molecule has 0 atom stereocenters. The molecule has 10 heteroatoms. The highest BCUT2D eigenvalue weighted by Crippen LogP contribution is 2.24. The van der Waals surface area contributed by atoms with Gasteiger partial charge in [-0.1, -0.05) is 18.2 Å². The van der Waals surface area contributed by atoms with Gasteiger partial charge in [-0.25, -0.2) is 8.42 Å². The summed E-state index contributed by atoms with van der Waals surface area (Å²) < 4.78 is 36.9. The van der Waals surface area contributed by atoms with Gasteiger partial charge in [-0.3, -0.25) is 14.6 Å². The molecule has 1 amide bonds. The fraction of sp³-hybridized carbons (Fsp3) is 0.381. The van der Waals surface area contributed by atoms with Crippen LogP contribution in [0.25, 0.3) is 0 Å². The van der Waals surface area contributed by atoms with Gasteiger partial charge in [0.1, 0.15) is 10.6 Å². The fourth-order valence-electron chi connectivity index (χ4n) is 3.33. The molecular weight excluding hydrogens is 422 g/mol. The Labute approximate surface area is 181 Å². The first kappa shape index (κ1) is 22.7. The van der Waals surface area contributed by atoms with Gasteiger partial charge >= 0.3 is 5.97 Å². The highest BCUT2D eigenvalue weighted by Gasteiger charge is 2.33. The van der Waals surface area contributed by atoms with Gasteiger partial charge in [0.15, 0.2) is 6.61 Å². The molecule has 1 aliphatic heterocycles. The number of esters is 1. The Balaban J connectivity index is 1.43. The van der Waals surface area contributed by atoms with Crippen LogP contribution in [-0.4, -0.2) is 56.4 Å². The third-order valence-corrected chi connectivity index (χ3v) is 6.96. The van der Waals surface area contributed by atoms with E-state index in [1.807, 2.05) is 18.2 Å². The van der Waals surface area contributed by atoms with Crippen LogP contribution in [0.4, 0.5) is 0 Å². The van der Waals surface area contributed by atoms with Crippen LogP contribution in [0.5, 0.6) is 5.75 Å². The average Bonchev–Trinajstić information content (AvgIpc) is 2.82. The Morgan fingerprint density at radius 3 is 2.58 bits per heavy atom. The third kappa shape index (κ3) is 5.80. The van der Waals surface area contributed by atoms with Crippen LogP contribution in [-0.2, 0) is 30.9 Å². The second-order valence-corrected chi connectivity index (χ2v) is 9.00. The van der Waals surface area contributed by atoms with Gasteiger partial charge in [0, 0.05) is 37.6 Å². The van der Waals surface area contributed by atoms with Gasteiger partial charge in [0.2, 0.25) is 10.0 Å². The number of hydrogen-bond donors (Lipinski definition) is 1. The van der Waals surface area contributed by atoms with Gasteiger partial charge in [-0.05, 0) is 31.0 Å². The number of nitrogens with zero attached hydrogens (tertiary/aromatic N) is 2. The SMILES string of the molecule is COc1ccccc1CNC(=O)COC(=O)C1CCN(S(=O)(=O)c2cccnc2)CC1. The molecule has 1 saturated heterocycles. The zero-order valence-electron chi connectivity index (χ0n) is 17.2. The molecule has 0 unspecified atom stereocenters. The van der Waals surface area contributed by atoms with Crippen molar-refractivity contribution in [3.8, 4) is 5.75 Å². The smallest absolute Gasteiger partial charge is 0.309 e. The number of methoxy groups -OCH3 is 1. The second-order valence-electron chi connectivity index (χ2n) is 7.06. The van der Waals surface area contributed by atoms with E-state index in [1.54, 1.807) is 19.2 Å². The number of benzene rings is 1. The summed E-state index contributed by atoms with van der Waals surface area (Å²) in [5.74, 6) is -0.697. The van der Waals surface area contributed by atoms with Gasteiger partial charge in [0.05, 0.1) is 13.0 Å². The number of nitrogens with one attached hydrogen (secondary N) is 1. The molecule has 1 aromatic carbocycles. The highest BCUT2D eigenvalue weighted by molar-refractivity contribution is 7.89. The lowest BCUT2D eigenvalue weighted by atomic mass is 9.98. The molecule has 9 nitrogen and oxygen atoms in total. The van der Waals surface area contributed by atoms with Gasteiger partial charge < -0.3 is 14.8 Å². The average molecular weight is 448 g/mol. The lowest BCUT2D eigenvalue weighted by molar-refractivity contribution is -0.153. The van der Waals surface area contributed by atoms with E-state index < -0.39 is 27.8 Å². The van der Waals surface area contributed by atoms with E-state index in [-0.39, 0.29) is 31.1 Å². The molecule has 31 heavy (non-hydrogen) atoms. The van der Waals surface area contributed by atoms with Crippen molar-refractivity contribution in [3.63, 3.8) is 0 Å². The Morgan fingerprint density at radius 2 is 1.90 bits per heavy atom. The Morgan fingerprint density at radius 1 is 1.16 bits per heavy atom. The van der Waals surface area contributed by atoms with E-state index in [1.165, 1.54) is 22.8 Å². The molecular formula is C21H25N3O6S. The molecule has 0 saturated carbocycles. The molecule has 1 N–H and O–H groups in total. The zero-order chi connectivity index (χ0) is 22.3. The van der Waals surface area contributed by atoms with Crippen LogP contribution in [0.1, 0.15) is 18.4 Å². The maximum atomic E-state index is 12.6. The van der Waals surface area contributed by atoms with Crippen molar-refractivity contribution in [3.05, 3.63) is 54.4 Å². The van der Waals surface area contributed by atoms with Crippen LogP contribution in [0, 0.1) is 5.92 Å². The maximum Gasteiger partial charge on any atom is 0.309 e. The first-order valence-corrected chi connectivity index (χ1v) is 11.3. The molecule has 166 valence electrons. The molecule has 3 rings (SSSR count). The number of carbonyl (C=O) groups excluding carboxylic acids is 2. The minimum atomic E-state index is -3.63. The highest BCUT2D eigenvalue weighted by atomic mass is 32.2. The van der Waals surface area contributed by atoms with Crippen LogP contribution >= 0.6 is 0 Å². The van der Waals surface area contributed by atoms with Crippen molar-refractivity contribution in [1.29, 1.82) is 0 Å². The number of aromatic nitrogens is 1. The molecule has 1 aromatic heterocycles. The molecule has 2 aromatic rings. The first-order valence-electron chi connectivity index (χ1n) is 9.87. The molecule has 1 aliphatic rings. The zero-order valence-corrected chi connectivity index (χ0v) is 18.0. The number of amides is 1. The fourth-order valence-corrected chi connectivity index (χ4v) is 4.76. The van der Waals surface area contributed by atoms with E-state index in [2.05, 4.69) is 10.3 Å². The molecule has 0 radical (unpaired) electrons. The predicted molar refractivity (Wildman–Crippen MR) is 112 cm³/mol. The van der Waals surface area contributed by atoms with Crippen LogP contribution in [0.3, 0.4) is 0 Å². The van der Waals surface area contributed by atoms with Gasteiger partial charge in [0.25, 0.3) is 5.91 Å². The van der Waals surface area contributed by atoms with E-state index >= 15 is 0 Å². The summed E-state index contributed by atoms with van der Waals surface area (Å²) in [7, 11) is -2.08. The summed E-state index contributed by atoms with van der Waals surface area (Å²) in [6, 6.07) is 10.4. The van der Waals surface area contributed by atoms with E-state index in [4.69, 9.17) is 9.47 Å². The van der Waals surface area contributed by atoms with Crippen LogP contribution in [0.2, 0.25) is 0 Å². The summed E-state index contributed by atoms with van der Waals surface area (Å²) in [5, 5.41) is 2.69. The molecule has 1 fully saturated rings. The number of piperidine rings is 1. The lowest BCUT2D eigenvalue weighted by Gasteiger charge is -2.29. The second kappa shape index (κ2) is 10.4. The third-order valence-electron chi connectivity index (χ3n) is 5.07. The Kier molecular flexibility index (Phi) is 7.59. The number of rotatable bonds is 8. The molecule has 0 spiro atoms. The van der Waals surface area contributed by atoms with Crippen LogP contribution in [0.15, 0.2) is 53.7 Å². The number of hydrogen-bond acceptors (Lipinski definition) is 7. The summed E-state index contributed by atoms with van der Waals surface area (Å²) in [6.45, 7) is 0.279. The topological polar surface area (TPSA) is 115 Å². The lowest BCUT2D eigenvalue weighted by Crippen LogP contribution is -2.41. The van der Waals surface area contributed by atoms with Crippen molar-refractivity contribution in [1.82, 2.24) is 14.6 Å². The van der Waals surface area contributed by atoms with Crippen molar-refractivity contribution < 1.29 is 27.5 Å². The van der Waals surface area contributed by atoms with Crippen molar-refractivity contribution in [2.24, 2.45) is 5.92 Å². The standard InChI is InChI=1S/C21H25N3O6S/c1-29-19-7-3-2-5-17(19)13-23-20(25)15-30-21(26)16-8-11-24(12-9-16)31(27,28)18-6-4-10-22-14-18/h2-7,10,14,16H,8-9,11-13,15H2,1H3,(H,23,25). The van der Waals surface area contributed by atoms with Crippen molar-refractivity contribution >= 4 is 21.9 Å². The monoisotopic (exact) mass is 447 g/mol. The van der Waals surface area contributed by atoms with Gasteiger partial charge in [-0.2, -0.15) is 4.31 Å². The summed E-state index contributed by atoms with van der Waals surface area (Å²) in [4.78, 5) is 28.3. The number of sulfonamides is 1. The minimum absolute atomic E-state index is 0.128. The number of para-hydroxylation sites is 1. The summed E-state index contributed by atoms with van der Waals surface area (Å²) in [5.41, 5.74) is 0.812. The summed E-state index contributed by atoms with van der Waals surface area (Å²) >= 11 is 0. The quantitative estimate of drug-likeness (QED) is 0.608.